The molecule has 1 fully saturated rings. The molecule has 33 heavy (non-hydrogen) atoms. The maximum Gasteiger partial charge on any atom is 0.324 e. The molecule has 1 heterocycles. The van der Waals surface area contributed by atoms with Gasteiger partial charge in [-0.15, -0.1) is 0 Å². The molecular formula is C28H31NO4. The lowest BCUT2D eigenvalue weighted by Crippen LogP contribution is -2.56. The maximum atomic E-state index is 13.1. The highest BCUT2D eigenvalue weighted by molar-refractivity contribution is 5.79. The van der Waals surface area contributed by atoms with Crippen LogP contribution < -0.4 is 0 Å². The van der Waals surface area contributed by atoms with Crippen LogP contribution in [0.1, 0.15) is 29.5 Å². The Morgan fingerprint density at radius 1 is 0.788 bits per heavy atom. The Morgan fingerprint density at radius 2 is 1.24 bits per heavy atom. The second-order valence-corrected chi connectivity index (χ2v) is 8.54. The SMILES string of the molecule is O=C(O)[C@](CCC1OCCO1)(Cc1ccccc1)N(Cc1ccccc1)Cc1ccccc1. The molecule has 172 valence electrons. The van der Waals surface area contributed by atoms with Gasteiger partial charge in [-0.1, -0.05) is 91.0 Å². The number of carboxylic acids is 1. The van der Waals surface area contributed by atoms with Crippen LogP contribution in [0.15, 0.2) is 91.0 Å². The number of carboxylic acid groups (broad SMARTS) is 1. The van der Waals surface area contributed by atoms with Crippen molar-refractivity contribution in [1.82, 2.24) is 4.90 Å². The van der Waals surface area contributed by atoms with Crippen molar-refractivity contribution >= 4 is 5.97 Å². The minimum atomic E-state index is -1.12. The lowest BCUT2D eigenvalue weighted by molar-refractivity contribution is -0.155. The smallest absolute Gasteiger partial charge is 0.324 e. The van der Waals surface area contributed by atoms with E-state index in [0.717, 1.165) is 16.7 Å². The van der Waals surface area contributed by atoms with E-state index in [1.54, 1.807) is 0 Å². The van der Waals surface area contributed by atoms with Crippen LogP contribution in [0.4, 0.5) is 0 Å². The summed E-state index contributed by atoms with van der Waals surface area (Å²) in [7, 11) is 0. The third-order valence-electron chi connectivity index (χ3n) is 6.26. The molecule has 0 aromatic heterocycles. The first-order chi connectivity index (χ1) is 16.2. The topological polar surface area (TPSA) is 59.0 Å². The molecule has 4 rings (SSSR count). The molecule has 1 aliphatic heterocycles. The number of hydrogen-bond donors (Lipinski definition) is 1. The largest absolute Gasteiger partial charge is 0.480 e. The molecule has 3 aromatic rings. The fourth-order valence-corrected chi connectivity index (χ4v) is 4.51. The van der Waals surface area contributed by atoms with Gasteiger partial charge in [0.1, 0.15) is 5.54 Å². The first-order valence-corrected chi connectivity index (χ1v) is 11.5. The highest BCUT2D eigenvalue weighted by Crippen LogP contribution is 2.32. The zero-order valence-corrected chi connectivity index (χ0v) is 18.8. The predicted octanol–water partition coefficient (Wildman–Crippen LogP) is 4.91. The summed E-state index contributed by atoms with van der Waals surface area (Å²) in [6.45, 7) is 2.17. The molecule has 5 heteroatoms. The fraction of sp³-hybridized carbons (Fsp3) is 0.321. The van der Waals surface area contributed by atoms with Crippen molar-refractivity contribution in [3.63, 3.8) is 0 Å². The van der Waals surface area contributed by atoms with E-state index in [9.17, 15) is 9.90 Å². The van der Waals surface area contributed by atoms with E-state index in [-0.39, 0.29) is 6.29 Å². The van der Waals surface area contributed by atoms with Crippen LogP contribution in [0, 0.1) is 0 Å². The summed E-state index contributed by atoms with van der Waals surface area (Å²) in [6, 6.07) is 30.0. The van der Waals surface area contributed by atoms with E-state index in [2.05, 4.69) is 29.2 Å². The van der Waals surface area contributed by atoms with Crippen molar-refractivity contribution in [3.8, 4) is 0 Å². The number of aliphatic carboxylic acids is 1. The second-order valence-electron chi connectivity index (χ2n) is 8.54. The van der Waals surface area contributed by atoms with Gasteiger partial charge in [-0.25, -0.2) is 0 Å². The third-order valence-corrected chi connectivity index (χ3v) is 6.26. The van der Waals surface area contributed by atoms with Crippen LogP contribution in [-0.2, 0) is 33.8 Å². The van der Waals surface area contributed by atoms with Crippen LogP contribution in [0.5, 0.6) is 0 Å². The van der Waals surface area contributed by atoms with Gasteiger partial charge in [0.25, 0.3) is 0 Å². The van der Waals surface area contributed by atoms with Crippen molar-refractivity contribution in [2.24, 2.45) is 0 Å². The second kappa shape index (κ2) is 11.2. The quantitative estimate of drug-likeness (QED) is 0.455. The van der Waals surface area contributed by atoms with Gasteiger partial charge in [-0.3, -0.25) is 9.69 Å². The summed E-state index contributed by atoms with van der Waals surface area (Å²) in [5, 5.41) is 10.8. The molecule has 0 spiro atoms. The highest BCUT2D eigenvalue weighted by atomic mass is 16.7. The Bertz CT molecular complexity index is 949. The van der Waals surface area contributed by atoms with E-state index in [0.29, 0.717) is 45.6 Å². The first kappa shape index (κ1) is 23.2. The number of nitrogens with zero attached hydrogens (tertiary/aromatic N) is 1. The van der Waals surface area contributed by atoms with Crippen molar-refractivity contribution < 1.29 is 19.4 Å². The normalized spacial score (nSPS) is 16.0. The molecule has 1 aliphatic rings. The van der Waals surface area contributed by atoms with Gasteiger partial charge < -0.3 is 14.6 Å². The summed E-state index contributed by atoms with van der Waals surface area (Å²) < 4.78 is 11.3. The lowest BCUT2D eigenvalue weighted by atomic mass is 9.83. The van der Waals surface area contributed by atoms with Crippen LogP contribution in [-0.4, -0.2) is 41.0 Å². The van der Waals surface area contributed by atoms with Crippen LogP contribution >= 0.6 is 0 Å². The molecule has 1 saturated heterocycles. The van der Waals surface area contributed by atoms with Crippen LogP contribution in [0.3, 0.4) is 0 Å². The summed E-state index contributed by atoms with van der Waals surface area (Å²) in [4.78, 5) is 15.2. The van der Waals surface area contributed by atoms with E-state index in [1.165, 1.54) is 0 Å². The van der Waals surface area contributed by atoms with Gasteiger partial charge in [-0.05, 0) is 23.1 Å². The van der Waals surface area contributed by atoms with Crippen molar-refractivity contribution in [3.05, 3.63) is 108 Å². The highest BCUT2D eigenvalue weighted by Gasteiger charge is 2.45. The van der Waals surface area contributed by atoms with Crippen molar-refractivity contribution in [2.45, 2.75) is 44.2 Å². The standard InChI is InChI=1S/C28H31NO4/c30-27(31)28(17-16-26-32-18-19-33-26,20-23-10-4-1-5-11-23)29(21-24-12-6-2-7-13-24)22-25-14-8-3-9-15-25/h1-15,26H,16-22H2,(H,30,31)/t28-/m0/s1. The van der Waals surface area contributed by atoms with E-state index >= 15 is 0 Å². The van der Waals surface area contributed by atoms with E-state index in [4.69, 9.17) is 9.47 Å². The minimum Gasteiger partial charge on any atom is -0.480 e. The van der Waals surface area contributed by atoms with Crippen molar-refractivity contribution in [2.75, 3.05) is 13.2 Å². The fourth-order valence-electron chi connectivity index (χ4n) is 4.51. The molecule has 1 atom stereocenters. The average molecular weight is 446 g/mol. The molecule has 0 radical (unpaired) electrons. The number of rotatable bonds is 11. The molecule has 0 unspecified atom stereocenters. The molecule has 0 aliphatic carbocycles. The van der Waals surface area contributed by atoms with E-state index < -0.39 is 11.5 Å². The van der Waals surface area contributed by atoms with Gasteiger partial charge >= 0.3 is 5.97 Å². The molecule has 1 N–H and O–H groups in total. The summed E-state index contributed by atoms with van der Waals surface area (Å²) in [5.74, 6) is -0.823. The predicted molar refractivity (Wildman–Crippen MR) is 128 cm³/mol. The van der Waals surface area contributed by atoms with Gasteiger partial charge in [0.2, 0.25) is 0 Å². The average Bonchev–Trinajstić information content (AvgIpc) is 3.37. The zero-order chi connectivity index (χ0) is 22.9. The zero-order valence-electron chi connectivity index (χ0n) is 18.8. The Hall–Kier alpha value is -2.99. The minimum absolute atomic E-state index is 0.352. The summed E-state index contributed by atoms with van der Waals surface area (Å²) in [6.07, 6.45) is 0.992. The Labute approximate surface area is 195 Å². The molecule has 5 nitrogen and oxygen atoms in total. The Kier molecular flexibility index (Phi) is 7.89. The van der Waals surface area contributed by atoms with Crippen LogP contribution in [0.2, 0.25) is 0 Å². The molecular weight excluding hydrogens is 414 g/mol. The van der Waals surface area contributed by atoms with Crippen LogP contribution in [0.25, 0.3) is 0 Å². The van der Waals surface area contributed by atoms with Gasteiger partial charge in [0, 0.05) is 25.9 Å². The number of carbonyl (C=O) groups is 1. The van der Waals surface area contributed by atoms with E-state index in [1.807, 2.05) is 66.7 Å². The van der Waals surface area contributed by atoms with Gasteiger partial charge in [0.15, 0.2) is 6.29 Å². The molecule has 0 amide bonds. The summed E-state index contributed by atoms with van der Waals surface area (Å²) in [5.41, 5.74) is 2.04. The number of ether oxygens (including phenoxy) is 2. The molecule has 0 saturated carbocycles. The van der Waals surface area contributed by atoms with Crippen molar-refractivity contribution in [1.29, 1.82) is 0 Å². The Morgan fingerprint density at radius 3 is 1.70 bits per heavy atom. The monoisotopic (exact) mass is 445 g/mol. The molecule has 0 bridgehead atoms. The summed E-state index contributed by atoms with van der Waals surface area (Å²) >= 11 is 0. The first-order valence-electron chi connectivity index (χ1n) is 11.5. The van der Waals surface area contributed by atoms with Gasteiger partial charge in [0.05, 0.1) is 13.2 Å². The third kappa shape index (κ3) is 6.08. The Balaban J connectivity index is 1.72. The lowest BCUT2D eigenvalue weighted by Gasteiger charge is -2.42. The maximum absolute atomic E-state index is 13.1. The number of benzene rings is 3. The molecule has 3 aromatic carbocycles. The number of hydrogen-bond acceptors (Lipinski definition) is 4. The van der Waals surface area contributed by atoms with Gasteiger partial charge in [-0.2, -0.15) is 0 Å².